The summed E-state index contributed by atoms with van der Waals surface area (Å²) >= 11 is 11.0. The van der Waals surface area contributed by atoms with E-state index in [0.29, 0.717) is 6.42 Å². The SMILES string of the molecule is O=S(=O)(O)C(Cl)(Cl)CCc1ccccc1. The Morgan fingerprint density at radius 3 is 2.20 bits per heavy atom. The van der Waals surface area contributed by atoms with E-state index in [0.717, 1.165) is 5.56 Å². The van der Waals surface area contributed by atoms with E-state index >= 15 is 0 Å². The number of alkyl halides is 2. The third kappa shape index (κ3) is 3.65. The van der Waals surface area contributed by atoms with Crippen LogP contribution in [-0.2, 0) is 16.5 Å². The molecule has 0 aromatic heterocycles. The quantitative estimate of drug-likeness (QED) is 0.675. The van der Waals surface area contributed by atoms with Crippen molar-refractivity contribution >= 4 is 33.3 Å². The highest BCUT2D eigenvalue weighted by Gasteiger charge is 2.38. The molecule has 0 aliphatic heterocycles. The number of hydrogen-bond donors (Lipinski definition) is 1. The highest BCUT2D eigenvalue weighted by atomic mass is 35.5. The molecule has 0 heterocycles. The zero-order valence-electron chi connectivity index (χ0n) is 7.73. The third-order valence-electron chi connectivity index (χ3n) is 1.92. The van der Waals surface area contributed by atoms with Gasteiger partial charge in [0.05, 0.1) is 0 Å². The maximum Gasteiger partial charge on any atom is 0.299 e. The van der Waals surface area contributed by atoms with Crippen molar-refractivity contribution in [2.75, 3.05) is 0 Å². The minimum atomic E-state index is -4.44. The second-order valence-electron chi connectivity index (χ2n) is 3.10. The Kier molecular flexibility index (Phi) is 4.00. The molecule has 0 aliphatic rings. The van der Waals surface area contributed by atoms with Crippen LogP contribution in [0, 0.1) is 0 Å². The minimum absolute atomic E-state index is 0.0566. The zero-order valence-corrected chi connectivity index (χ0v) is 10.1. The van der Waals surface area contributed by atoms with Crippen LogP contribution in [0.2, 0.25) is 0 Å². The summed E-state index contributed by atoms with van der Waals surface area (Å²) in [5.41, 5.74) is 0.909. The molecule has 0 saturated heterocycles. The van der Waals surface area contributed by atoms with Gasteiger partial charge in [0, 0.05) is 6.42 Å². The minimum Gasteiger partial charge on any atom is -0.283 e. The molecule has 0 saturated carbocycles. The van der Waals surface area contributed by atoms with Crippen molar-refractivity contribution < 1.29 is 13.0 Å². The van der Waals surface area contributed by atoms with Gasteiger partial charge in [-0.05, 0) is 12.0 Å². The second kappa shape index (κ2) is 4.70. The number of hydrogen-bond acceptors (Lipinski definition) is 2. The first-order valence-electron chi connectivity index (χ1n) is 4.22. The molecule has 1 aromatic carbocycles. The van der Waals surface area contributed by atoms with Crippen molar-refractivity contribution in [3.8, 4) is 0 Å². The van der Waals surface area contributed by atoms with E-state index in [4.69, 9.17) is 27.8 Å². The van der Waals surface area contributed by atoms with Gasteiger partial charge in [0.2, 0.25) is 3.67 Å². The van der Waals surface area contributed by atoms with E-state index in [2.05, 4.69) is 0 Å². The van der Waals surface area contributed by atoms with E-state index in [9.17, 15) is 8.42 Å². The van der Waals surface area contributed by atoms with Crippen LogP contribution in [0.15, 0.2) is 30.3 Å². The molecule has 15 heavy (non-hydrogen) atoms. The molecule has 1 rings (SSSR count). The molecule has 0 atom stereocenters. The summed E-state index contributed by atoms with van der Waals surface area (Å²) in [7, 11) is -4.44. The molecule has 0 bridgehead atoms. The topological polar surface area (TPSA) is 54.4 Å². The maximum absolute atomic E-state index is 10.8. The lowest BCUT2D eigenvalue weighted by molar-refractivity contribution is 0.471. The third-order valence-corrected chi connectivity index (χ3v) is 4.43. The van der Waals surface area contributed by atoms with E-state index in [1.807, 2.05) is 30.3 Å². The molecular weight excluding hydrogens is 259 g/mol. The molecular formula is C9H10Cl2O3S. The largest absolute Gasteiger partial charge is 0.299 e. The summed E-state index contributed by atoms with van der Waals surface area (Å²) in [6.07, 6.45) is 0.326. The van der Waals surface area contributed by atoms with Gasteiger partial charge < -0.3 is 0 Å². The number of benzene rings is 1. The first kappa shape index (κ1) is 12.8. The van der Waals surface area contributed by atoms with Gasteiger partial charge in [0.15, 0.2) is 0 Å². The van der Waals surface area contributed by atoms with Gasteiger partial charge in [-0.2, -0.15) is 8.42 Å². The monoisotopic (exact) mass is 268 g/mol. The summed E-state index contributed by atoms with van der Waals surface area (Å²) in [6, 6.07) is 9.16. The molecule has 6 heteroatoms. The van der Waals surface area contributed by atoms with Crippen LogP contribution in [0.3, 0.4) is 0 Å². The van der Waals surface area contributed by atoms with Crippen molar-refractivity contribution in [1.82, 2.24) is 0 Å². The first-order valence-corrected chi connectivity index (χ1v) is 6.41. The summed E-state index contributed by atoms with van der Waals surface area (Å²) in [5, 5.41) is 0. The average Bonchev–Trinajstić information content (AvgIpc) is 2.15. The molecule has 0 fully saturated rings. The average molecular weight is 269 g/mol. The van der Waals surface area contributed by atoms with Crippen molar-refractivity contribution in [1.29, 1.82) is 0 Å². The molecule has 0 amide bonds. The second-order valence-corrected chi connectivity index (χ2v) is 6.68. The molecule has 1 N–H and O–H groups in total. The van der Waals surface area contributed by atoms with Crippen LogP contribution < -0.4 is 0 Å². The molecule has 0 radical (unpaired) electrons. The van der Waals surface area contributed by atoms with Gasteiger partial charge in [-0.3, -0.25) is 4.55 Å². The highest BCUT2D eigenvalue weighted by molar-refractivity contribution is 7.90. The molecule has 1 aromatic rings. The van der Waals surface area contributed by atoms with Gasteiger partial charge >= 0.3 is 0 Å². The van der Waals surface area contributed by atoms with Crippen LogP contribution in [0.5, 0.6) is 0 Å². The summed E-state index contributed by atoms with van der Waals surface area (Å²) < 4.78 is 28.1. The van der Waals surface area contributed by atoms with E-state index in [1.165, 1.54) is 0 Å². The zero-order chi connectivity index (χ0) is 11.5. The van der Waals surface area contributed by atoms with Gasteiger partial charge in [-0.1, -0.05) is 53.5 Å². The molecule has 84 valence electrons. The Balaban J connectivity index is 2.66. The lowest BCUT2D eigenvalue weighted by atomic mass is 10.1. The standard InChI is InChI=1S/C9H10Cl2O3S/c10-9(11,15(12,13)14)7-6-8-4-2-1-3-5-8/h1-5H,6-7H2,(H,12,13,14). The van der Waals surface area contributed by atoms with Crippen LogP contribution in [0.25, 0.3) is 0 Å². The predicted molar refractivity (Wildman–Crippen MR) is 60.7 cm³/mol. The number of halogens is 2. The maximum atomic E-state index is 10.8. The van der Waals surface area contributed by atoms with Crippen LogP contribution in [0.4, 0.5) is 0 Å². The summed E-state index contributed by atoms with van der Waals surface area (Å²) in [6.45, 7) is 0. The van der Waals surface area contributed by atoms with E-state index in [-0.39, 0.29) is 6.42 Å². The van der Waals surface area contributed by atoms with Gasteiger partial charge in [0.1, 0.15) is 0 Å². The Labute approximate surface area is 98.8 Å². The molecule has 0 spiro atoms. The van der Waals surface area contributed by atoms with Crippen molar-refractivity contribution in [3.05, 3.63) is 35.9 Å². The molecule has 0 unspecified atom stereocenters. The first-order chi connectivity index (χ1) is 6.83. The van der Waals surface area contributed by atoms with E-state index in [1.54, 1.807) is 0 Å². The summed E-state index contributed by atoms with van der Waals surface area (Å²) in [5.74, 6) is 0. The fraction of sp³-hybridized carbons (Fsp3) is 0.333. The highest BCUT2D eigenvalue weighted by Crippen LogP contribution is 2.32. The molecule has 3 nitrogen and oxygen atoms in total. The van der Waals surface area contributed by atoms with Crippen LogP contribution in [0.1, 0.15) is 12.0 Å². The van der Waals surface area contributed by atoms with Gasteiger partial charge in [-0.25, -0.2) is 0 Å². The van der Waals surface area contributed by atoms with Crippen LogP contribution in [-0.4, -0.2) is 16.6 Å². The molecule has 0 aliphatic carbocycles. The fourth-order valence-electron chi connectivity index (χ4n) is 1.06. The van der Waals surface area contributed by atoms with Crippen molar-refractivity contribution in [2.45, 2.75) is 16.5 Å². The van der Waals surface area contributed by atoms with Gasteiger partial charge in [0.25, 0.3) is 10.1 Å². The Bertz CT molecular complexity index is 414. The predicted octanol–water partition coefficient (Wildman–Crippen LogP) is 2.64. The van der Waals surface area contributed by atoms with Gasteiger partial charge in [-0.15, -0.1) is 0 Å². The van der Waals surface area contributed by atoms with E-state index < -0.39 is 13.8 Å². The van der Waals surface area contributed by atoms with Crippen molar-refractivity contribution in [3.63, 3.8) is 0 Å². The Morgan fingerprint density at radius 1 is 1.20 bits per heavy atom. The fourth-order valence-corrected chi connectivity index (χ4v) is 1.61. The number of rotatable bonds is 4. The van der Waals surface area contributed by atoms with Crippen molar-refractivity contribution in [2.24, 2.45) is 0 Å². The Hall–Kier alpha value is -0.290. The van der Waals surface area contributed by atoms with Crippen LogP contribution >= 0.6 is 23.2 Å². The Morgan fingerprint density at radius 2 is 1.73 bits per heavy atom. The lowest BCUT2D eigenvalue weighted by Crippen LogP contribution is -2.26. The number of aryl methyl sites for hydroxylation is 1. The summed E-state index contributed by atoms with van der Waals surface area (Å²) in [4.78, 5) is 0. The smallest absolute Gasteiger partial charge is 0.283 e. The normalized spacial score (nSPS) is 12.7. The lowest BCUT2D eigenvalue weighted by Gasteiger charge is -2.15.